The van der Waals surface area contributed by atoms with E-state index in [9.17, 15) is 19.2 Å². The molecule has 0 spiro atoms. The fourth-order valence-electron chi connectivity index (χ4n) is 3.76. The van der Waals surface area contributed by atoms with Gasteiger partial charge in [-0.25, -0.2) is 4.79 Å². The van der Waals surface area contributed by atoms with Gasteiger partial charge in [-0.15, -0.1) is 0 Å². The first-order valence-corrected chi connectivity index (χ1v) is 11.0. The van der Waals surface area contributed by atoms with Crippen LogP contribution in [-0.2, 0) is 35.1 Å². The molecule has 10 nitrogen and oxygen atoms in total. The molecule has 0 aromatic heterocycles. The number of benzene rings is 1. The minimum Gasteiger partial charge on any atom is -0.458 e. The van der Waals surface area contributed by atoms with Gasteiger partial charge in [0.1, 0.15) is 18.2 Å². The van der Waals surface area contributed by atoms with Crippen LogP contribution >= 0.6 is 0 Å². The molecule has 3 amide bonds. The first-order chi connectivity index (χ1) is 15.7. The van der Waals surface area contributed by atoms with Crippen LogP contribution in [0.15, 0.2) is 18.2 Å². The first kappa shape index (κ1) is 24.7. The van der Waals surface area contributed by atoms with Crippen molar-refractivity contribution in [1.29, 1.82) is 0 Å². The summed E-state index contributed by atoms with van der Waals surface area (Å²) < 4.78 is 15.9. The monoisotopic (exact) mass is 461 g/mol. The molecule has 1 unspecified atom stereocenters. The van der Waals surface area contributed by atoms with E-state index in [-0.39, 0.29) is 31.4 Å². The number of ether oxygens (including phenoxy) is 3. The minimum atomic E-state index is -0.639. The fourth-order valence-corrected chi connectivity index (χ4v) is 3.76. The molecule has 1 atom stereocenters. The van der Waals surface area contributed by atoms with Crippen molar-refractivity contribution in [3.63, 3.8) is 0 Å². The molecule has 1 aromatic carbocycles. The second-order valence-electron chi connectivity index (χ2n) is 8.91. The average molecular weight is 462 g/mol. The summed E-state index contributed by atoms with van der Waals surface area (Å²) in [6.07, 6.45) is 0.553. The third-order valence-corrected chi connectivity index (χ3v) is 5.16. The summed E-state index contributed by atoms with van der Waals surface area (Å²) in [5.74, 6) is -1.35. The van der Waals surface area contributed by atoms with Gasteiger partial charge in [-0.05, 0) is 39.3 Å². The van der Waals surface area contributed by atoms with Crippen LogP contribution in [0.4, 0.5) is 5.69 Å². The smallest absolute Gasteiger partial charge is 0.332 e. The van der Waals surface area contributed by atoms with Crippen molar-refractivity contribution < 1.29 is 33.4 Å². The summed E-state index contributed by atoms with van der Waals surface area (Å²) in [6, 6.07) is 4.77. The number of imide groups is 1. The van der Waals surface area contributed by atoms with Gasteiger partial charge in [0.05, 0.1) is 19.8 Å². The third-order valence-electron chi connectivity index (χ3n) is 5.16. The van der Waals surface area contributed by atoms with Gasteiger partial charge in [0.15, 0.2) is 0 Å². The molecule has 0 radical (unpaired) electrons. The van der Waals surface area contributed by atoms with Gasteiger partial charge in [0.25, 0.3) is 5.91 Å². The van der Waals surface area contributed by atoms with Crippen molar-refractivity contribution in [1.82, 2.24) is 10.2 Å². The Morgan fingerprint density at radius 2 is 1.91 bits per heavy atom. The van der Waals surface area contributed by atoms with Gasteiger partial charge in [0, 0.05) is 36.3 Å². The zero-order valence-corrected chi connectivity index (χ0v) is 19.3. The second-order valence-corrected chi connectivity index (χ2v) is 8.91. The highest BCUT2D eigenvalue weighted by molar-refractivity contribution is 6.06. The topological polar surface area (TPSA) is 123 Å². The maximum atomic E-state index is 12.8. The Morgan fingerprint density at radius 1 is 1.15 bits per heavy atom. The number of piperidine rings is 1. The molecular weight excluding hydrogens is 430 g/mol. The molecule has 0 aliphatic carbocycles. The molecule has 33 heavy (non-hydrogen) atoms. The van der Waals surface area contributed by atoms with Crippen molar-refractivity contribution in [2.45, 2.75) is 51.8 Å². The highest BCUT2D eigenvalue weighted by Gasteiger charge is 2.39. The van der Waals surface area contributed by atoms with E-state index in [4.69, 9.17) is 14.2 Å². The van der Waals surface area contributed by atoms with Crippen molar-refractivity contribution in [3.8, 4) is 0 Å². The number of fused-ring (bicyclic) bond motifs is 1. The molecule has 3 rings (SSSR count). The van der Waals surface area contributed by atoms with Gasteiger partial charge in [0.2, 0.25) is 11.8 Å². The van der Waals surface area contributed by atoms with Crippen LogP contribution in [0.25, 0.3) is 0 Å². The molecule has 2 aliphatic heterocycles. The third kappa shape index (κ3) is 6.75. The van der Waals surface area contributed by atoms with E-state index in [0.717, 1.165) is 11.3 Å². The Labute approximate surface area is 192 Å². The fraction of sp³-hybridized carbons (Fsp3) is 0.565. The van der Waals surface area contributed by atoms with Crippen LogP contribution in [-0.4, -0.2) is 73.2 Å². The summed E-state index contributed by atoms with van der Waals surface area (Å²) in [5.41, 5.74) is 1.65. The maximum absolute atomic E-state index is 12.8. The van der Waals surface area contributed by atoms with Crippen LogP contribution in [0.5, 0.6) is 0 Å². The van der Waals surface area contributed by atoms with Gasteiger partial charge in [-0.1, -0.05) is 6.07 Å². The van der Waals surface area contributed by atoms with E-state index >= 15 is 0 Å². The van der Waals surface area contributed by atoms with Gasteiger partial charge >= 0.3 is 5.97 Å². The van der Waals surface area contributed by atoms with E-state index < -0.39 is 23.5 Å². The Balaban J connectivity index is 1.40. The number of esters is 1. The van der Waals surface area contributed by atoms with E-state index in [1.807, 2.05) is 6.07 Å². The largest absolute Gasteiger partial charge is 0.458 e. The number of anilines is 1. The van der Waals surface area contributed by atoms with Gasteiger partial charge in [-0.2, -0.15) is 0 Å². The number of carbonyl (C=O) groups is 4. The second kappa shape index (κ2) is 10.8. The van der Waals surface area contributed by atoms with E-state index in [2.05, 4.69) is 10.6 Å². The quantitative estimate of drug-likeness (QED) is 0.303. The van der Waals surface area contributed by atoms with Gasteiger partial charge < -0.3 is 24.4 Å². The number of rotatable bonds is 10. The van der Waals surface area contributed by atoms with Crippen LogP contribution < -0.4 is 10.6 Å². The Hall–Kier alpha value is -2.98. The van der Waals surface area contributed by atoms with Crippen molar-refractivity contribution in [3.05, 3.63) is 29.3 Å². The normalized spacial score (nSPS) is 18.2. The van der Waals surface area contributed by atoms with Crippen LogP contribution in [0.2, 0.25) is 0 Å². The molecule has 0 bridgehead atoms. The van der Waals surface area contributed by atoms with Crippen LogP contribution in [0.3, 0.4) is 0 Å². The molecule has 10 heteroatoms. The molecule has 2 aliphatic rings. The lowest BCUT2D eigenvalue weighted by Crippen LogP contribution is -2.52. The maximum Gasteiger partial charge on any atom is 0.332 e. The molecule has 1 fully saturated rings. The summed E-state index contributed by atoms with van der Waals surface area (Å²) >= 11 is 0. The van der Waals surface area contributed by atoms with Crippen molar-refractivity contribution in [2.24, 2.45) is 0 Å². The zero-order chi connectivity index (χ0) is 24.0. The lowest BCUT2D eigenvalue weighted by Gasteiger charge is -2.29. The summed E-state index contributed by atoms with van der Waals surface area (Å²) in [6.45, 7) is 7.10. The molecule has 2 heterocycles. The van der Waals surface area contributed by atoms with Crippen molar-refractivity contribution >= 4 is 29.4 Å². The zero-order valence-electron chi connectivity index (χ0n) is 19.3. The highest BCUT2D eigenvalue weighted by atomic mass is 16.6. The lowest BCUT2D eigenvalue weighted by molar-refractivity contribution is -0.160. The Bertz CT molecular complexity index is 910. The minimum absolute atomic E-state index is 0.118. The van der Waals surface area contributed by atoms with E-state index in [1.54, 1.807) is 32.9 Å². The van der Waals surface area contributed by atoms with Gasteiger partial charge in [-0.3, -0.25) is 19.7 Å². The number of nitrogens with one attached hydrogen (secondary N) is 2. The number of hydrogen-bond donors (Lipinski definition) is 2. The lowest BCUT2D eigenvalue weighted by atomic mass is 10.0. The molecule has 0 saturated carbocycles. The van der Waals surface area contributed by atoms with Crippen molar-refractivity contribution in [2.75, 3.05) is 38.3 Å². The standard InChI is InChI=1S/C23H31N3O7/c1-23(2,3)33-20(28)14-32-12-11-31-10-9-24-17-6-4-5-15-16(17)13-26(22(15)30)18-7-8-19(27)25-21(18)29/h4-6,18,24H,7-14H2,1-3H3,(H,25,27,29). The predicted molar refractivity (Wildman–Crippen MR) is 118 cm³/mol. The SMILES string of the molecule is CC(C)(C)OC(=O)COCCOCCNc1cccc2c1CN(C1CCC(=O)NC1=O)C2=O. The summed E-state index contributed by atoms with van der Waals surface area (Å²) in [5, 5.41) is 5.58. The first-order valence-electron chi connectivity index (χ1n) is 11.0. The Morgan fingerprint density at radius 3 is 2.64 bits per heavy atom. The van der Waals surface area contributed by atoms with E-state index in [0.29, 0.717) is 38.3 Å². The number of carbonyl (C=O) groups excluding carboxylic acids is 4. The molecular formula is C23H31N3O7. The summed E-state index contributed by atoms with van der Waals surface area (Å²) in [7, 11) is 0. The van der Waals surface area contributed by atoms with Crippen LogP contribution in [0.1, 0.15) is 49.5 Å². The van der Waals surface area contributed by atoms with E-state index in [1.165, 1.54) is 4.90 Å². The number of hydrogen-bond acceptors (Lipinski definition) is 8. The molecule has 2 N–H and O–H groups in total. The Kier molecular flexibility index (Phi) is 8.04. The number of nitrogens with zero attached hydrogens (tertiary/aromatic N) is 1. The highest BCUT2D eigenvalue weighted by Crippen LogP contribution is 2.32. The molecule has 1 aromatic rings. The predicted octanol–water partition coefficient (Wildman–Crippen LogP) is 1.23. The van der Waals surface area contributed by atoms with Crippen LogP contribution in [0, 0.1) is 0 Å². The molecule has 180 valence electrons. The molecule has 1 saturated heterocycles. The number of amides is 3. The summed E-state index contributed by atoms with van der Waals surface area (Å²) in [4.78, 5) is 49.5. The average Bonchev–Trinajstić information content (AvgIpc) is 3.06.